The van der Waals surface area contributed by atoms with Gasteiger partial charge in [-0.25, -0.2) is 4.79 Å². The van der Waals surface area contributed by atoms with E-state index in [4.69, 9.17) is 4.74 Å². The molecule has 0 aliphatic carbocycles. The number of halogens is 1. The molecule has 0 unspecified atom stereocenters. The zero-order chi connectivity index (χ0) is 16.4. The van der Waals surface area contributed by atoms with Gasteiger partial charge >= 0.3 is 5.97 Å². The highest BCUT2D eigenvalue weighted by molar-refractivity contribution is 14.1. The van der Waals surface area contributed by atoms with E-state index in [0.29, 0.717) is 5.75 Å². The molecule has 0 bridgehead atoms. The number of carbonyl (C=O) groups excluding carboxylic acids is 2. The van der Waals surface area contributed by atoms with Gasteiger partial charge < -0.3 is 15.0 Å². The number of ether oxygens (including phenoxy) is 1. The Hall–Kier alpha value is -2.09. The number of nitrogens with zero attached hydrogens (tertiary/aromatic N) is 1. The van der Waals surface area contributed by atoms with E-state index in [1.165, 1.54) is 0 Å². The number of nitrogens with one attached hydrogen (secondary N) is 1. The van der Waals surface area contributed by atoms with Crippen molar-refractivity contribution in [1.82, 2.24) is 0 Å². The zero-order valence-electron chi connectivity index (χ0n) is 12.5. The summed E-state index contributed by atoms with van der Waals surface area (Å²) in [6.45, 7) is 2.12. The van der Waals surface area contributed by atoms with Gasteiger partial charge in [-0.1, -0.05) is 6.07 Å². The second kappa shape index (κ2) is 6.57. The van der Waals surface area contributed by atoms with Crippen molar-refractivity contribution in [2.24, 2.45) is 0 Å². The third-order valence-electron chi connectivity index (χ3n) is 3.46. The molecule has 0 fully saturated rings. The molecule has 118 valence electrons. The average molecular weight is 422 g/mol. The smallest absolute Gasteiger partial charge is 0.331 e. The molecule has 2 aromatic carbocycles. The Bertz CT molecular complexity index is 759. The quantitative estimate of drug-likeness (QED) is 0.470. The van der Waals surface area contributed by atoms with E-state index in [1.54, 1.807) is 11.0 Å². The van der Waals surface area contributed by atoms with Gasteiger partial charge in [-0.05, 0) is 71.5 Å². The van der Waals surface area contributed by atoms with E-state index in [2.05, 4.69) is 27.9 Å². The van der Waals surface area contributed by atoms with Gasteiger partial charge in [-0.2, -0.15) is 0 Å². The number of amides is 1. The molecule has 0 radical (unpaired) electrons. The van der Waals surface area contributed by atoms with Crippen molar-refractivity contribution in [2.75, 3.05) is 23.3 Å². The molecule has 1 aliphatic heterocycles. The number of hydrogen-bond acceptors (Lipinski definition) is 4. The van der Waals surface area contributed by atoms with Gasteiger partial charge in [-0.3, -0.25) is 4.79 Å². The van der Waals surface area contributed by atoms with Gasteiger partial charge in [0, 0.05) is 9.26 Å². The lowest BCUT2D eigenvalue weighted by atomic mass is 10.1. The Balaban J connectivity index is 1.74. The first kappa shape index (κ1) is 15.8. The topological polar surface area (TPSA) is 58.6 Å². The van der Waals surface area contributed by atoms with E-state index in [1.807, 2.05) is 43.3 Å². The lowest BCUT2D eigenvalue weighted by molar-refractivity contribution is -0.133. The van der Waals surface area contributed by atoms with Crippen LogP contribution in [0.3, 0.4) is 0 Å². The van der Waals surface area contributed by atoms with E-state index < -0.39 is 0 Å². The van der Waals surface area contributed by atoms with Crippen molar-refractivity contribution in [2.45, 2.75) is 6.92 Å². The van der Waals surface area contributed by atoms with Crippen molar-refractivity contribution in [3.63, 3.8) is 0 Å². The summed E-state index contributed by atoms with van der Waals surface area (Å²) in [5, 5.41) is 2.84. The SMILES string of the molecule is Cc1ccc2c(c1)N(CC(=O)Nc1ccc(I)cc1)CC(=O)O2. The third kappa shape index (κ3) is 3.82. The molecule has 0 saturated heterocycles. The van der Waals surface area contributed by atoms with Crippen LogP contribution in [-0.2, 0) is 9.59 Å². The molecule has 1 amide bonds. The van der Waals surface area contributed by atoms with Crippen LogP contribution in [0.2, 0.25) is 0 Å². The number of esters is 1. The molecule has 0 atom stereocenters. The largest absolute Gasteiger partial charge is 0.423 e. The number of hydrogen-bond donors (Lipinski definition) is 1. The maximum atomic E-state index is 12.3. The van der Waals surface area contributed by atoms with Gasteiger partial charge in [0.15, 0.2) is 5.75 Å². The standard InChI is InChI=1S/C17H15IN2O3/c1-11-2-7-15-14(8-11)20(10-17(22)23-15)9-16(21)19-13-5-3-12(18)4-6-13/h2-8H,9-10H2,1H3,(H,19,21). The maximum Gasteiger partial charge on any atom is 0.331 e. The Morgan fingerprint density at radius 2 is 2.00 bits per heavy atom. The van der Waals surface area contributed by atoms with Crippen molar-refractivity contribution in [3.05, 3.63) is 51.6 Å². The first-order chi connectivity index (χ1) is 11.0. The molecule has 0 spiro atoms. The minimum absolute atomic E-state index is 0.0660. The van der Waals surface area contributed by atoms with Gasteiger partial charge in [0.05, 0.1) is 12.2 Å². The Labute approximate surface area is 147 Å². The van der Waals surface area contributed by atoms with Crippen LogP contribution in [0.15, 0.2) is 42.5 Å². The van der Waals surface area contributed by atoms with Gasteiger partial charge in [-0.15, -0.1) is 0 Å². The van der Waals surface area contributed by atoms with Gasteiger partial charge in [0.1, 0.15) is 6.54 Å². The minimum atomic E-state index is -0.358. The predicted molar refractivity (Wildman–Crippen MR) is 96.8 cm³/mol. The Morgan fingerprint density at radius 1 is 1.26 bits per heavy atom. The molecule has 0 aromatic heterocycles. The van der Waals surface area contributed by atoms with Crippen molar-refractivity contribution >= 4 is 45.8 Å². The Kier molecular flexibility index (Phi) is 4.51. The second-order valence-corrected chi connectivity index (χ2v) is 6.60. The summed E-state index contributed by atoms with van der Waals surface area (Å²) in [6, 6.07) is 13.1. The van der Waals surface area contributed by atoms with Crippen LogP contribution < -0.4 is 15.0 Å². The lowest BCUT2D eigenvalue weighted by Gasteiger charge is -2.29. The molecule has 1 N–H and O–H groups in total. The highest BCUT2D eigenvalue weighted by Crippen LogP contribution is 2.32. The second-order valence-electron chi connectivity index (χ2n) is 5.36. The molecule has 1 heterocycles. The number of aryl methyl sites for hydroxylation is 1. The average Bonchev–Trinajstić information content (AvgIpc) is 2.50. The van der Waals surface area contributed by atoms with Crippen LogP contribution in [0.4, 0.5) is 11.4 Å². The van der Waals surface area contributed by atoms with E-state index in [-0.39, 0.29) is 25.0 Å². The van der Waals surface area contributed by atoms with E-state index >= 15 is 0 Å². The molecular weight excluding hydrogens is 407 g/mol. The van der Waals surface area contributed by atoms with Gasteiger partial charge in [0.25, 0.3) is 0 Å². The maximum absolute atomic E-state index is 12.3. The summed E-state index contributed by atoms with van der Waals surface area (Å²) in [5.41, 5.74) is 2.55. The molecule has 6 heteroatoms. The number of fused-ring (bicyclic) bond motifs is 1. The first-order valence-electron chi connectivity index (χ1n) is 7.13. The molecule has 3 rings (SSSR count). The van der Waals surface area contributed by atoms with Crippen molar-refractivity contribution in [1.29, 1.82) is 0 Å². The highest BCUT2D eigenvalue weighted by atomic mass is 127. The van der Waals surface area contributed by atoms with Crippen LogP contribution >= 0.6 is 22.6 Å². The molecule has 1 aliphatic rings. The van der Waals surface area contributed by atoms with Crippen molar-refractivity contribution < 1.29 is 14.3 Å². The number of rotatable bonds is 3. The fourth-order valence-corrected chi connectivity index (χ4v) is 2.76. The molecule has 23 heavy (non-hydrogen) atoms. The van der Waals surface area contributed by atoms with Crippen molar-refractivity contribution in [3.8, 4) is 5.75 Å². The van der Waals surface area contributed by atoms with E-state index in [0.717, 1.165) is 20.5 Å². The monoisotopic (exact) mass is 422 g/mol. The fourth-order valence-electron chi connectivity index (χ4n) is 2.40. The number of anilines is 2. The summed E-state index contributed by atoms with van der Waals surface area (Å²) in [6.07, 6.45) is 0. The normalized spacial score (nSPS) is 13.3. The summed E-state index contributed by atoms with van der Waals surface area (Å²) in [4.78, 5) is 25.7. The molecule has 0 saturated carbocycles. The predicted octanol–water partition coefficient (Wildman–Crippen LogP) is 2.96. The molecular formula is C17H15IN2O3. The first-order valence-corrected chi connectivity index (χ1v) is 8.21. The summed E-state index contributed by atoms with van der Waals surface area (Å²) < 4.78 is 6.32. The molecule has 5 nitrogen and oxygen atoms in total. The summed E-state index contributed by atoms with van der Waals surface area (Å²) >= 11 is 2.21. The van der Waals surface area contributed by atoms with Crippen LogP contribution in [0.25, 0.3) is 0 Å². The number of carbonyl (C=O) groups is 2. The molecule has 2 aromatic rings. The van der Waals surface area contributed by atoms with Crippen LogP contribution in [0, 0.1) is 10.5 Å². The van der Waals surface area contributed by atoms with E-state index in [9.17, 15) is 9.59 Å². The highest BCUT2D eigenvalue weighted by Gasteiger charge is 2.25. The Morgan fingerprint density at radius 3 is 2.74 bits per heavy atom. The number of benzene rings is 2. The van der Waals surface area contributed by atoms with Crippen LogP contribution in [0.5, 0.6) is 5.75 Å². The lowest BCUT2D eigenvalue weighted by Crippen LogP contribution is -2.41. The van der Waals surface area contributed by atoms with Crippen LogP contribution in [-0.4, -0.2) is 25.0 Å². The fraction of sp³-hybridized carbons (Fsp3) is 0.176. The summed E-state index contributed by atoms with van der Waals surface area (Å²) in [5.74, 6) is -0.0364. The van der Waals surface area contributed by atoms with Crippen LogP contribution in [0.1, 0.15) is 5.56 Å². The third-order valence-corrected chi connectivity index (χ3v) is 4.18. The van der Waals surface area contributed by atoms with Gasteiger partial charge in [0.2, 0.25) is 5.91 Å². The minimum Gasteiger partial charge on any atom is -0.423 e. The zero-order valence-corrected chi connectivity index (χ0v) is 14.7. The summed E-state index contributed by atoms with van der Waals surface area (Å²) in [7, 11) is 0.